The molecule has 0 saturated heterocycles. The molecule has 3 N–H and O–H groups in total. The molecule has 0 radical (unpaired) electrons. The van der Waals surface area contributed by atoms with E-state index in [1.807, 2.05) is 34.0 Å². The zero-order chi connectivity index (χ0) is 33.9. The molecule has 42 heavy (non-hydrogen) atoms. The molecule has 0 aliphatic carbocycles. The van der Waals surface area contributed by atoms with Crippen molar-refractivity contribution in [1.29, 1.82) is 0 Å². The Morgan fingerprint density at radius 1 is 0.929 bits per heavy atom. The van der Waals surface area contributed by atoms with Gasteiger partial charge in [-0.05, 0) is 85.9 Å². The van der Waals surface area contributed by atoms with Crippen molar-refractivity contribution in [2.75, 3.05) is 62.4 Å². The van der Waals surface area contributed by atoms with Crippen LogP contribution < -0.4 is 16.0 Å². The summed E-state index contributed by atoms with van der Waals surface area (Å²) in [6.45, 7) is 22.1. The van der Waals surface area contributed by atoms with E-state index in [-0.39, 0.29) is 17.7 Å². The van der Waals surface area contributed by atoms with Gasteiger partial charge in [-0.3, -0.25) is 9.59 Å². The van der Waals surface area contributed by atoms with Crippen molar-refractivity contribution >= 4 is 12.2 Å². The van der Waals surface area contributed by atoms with E-state index in [0.29, 0.717) is 6.29 Å². The van der Waals surface area contributed by atoms with Gasteiger partial charge in [-0.25, -0.2) is 8.78 Å². The Labute approximate surface area is 256 Å². The first-order valence-electron chi connectivity index (χ1n) is 13.8. The van der Waals surface area contributed by atoms with Gasteiger partial charge in [-0.2, -0.15) is 0 Å². The Morgan fingerprint density at radius 2 is 1.33 bits per heavy atom. The Balaban J connectivity index is -0.000000171. The van der Waals surface area contributed by atoms with Gasteiger partial charge in [0.1, 0.15) is 23.5 Å². The van der Waals surface area contributed by atoms with Crippen LogP contribution in [0.15, 0.2) is 80.2 Å². The van der Waals surface area contributed by atoms with Crippen molar-refractivity contribution < 1.29 is 18.4 Å². The number of nitrogens with zero attached hydrogens (tertiary/aromatic N) is 2. The summed E-state index contributed by atoms with van der Waals surface area (Å²) in [5.74, 6) is -2.85. The van der Waals surface area contributed by atoms with Crippen LogP contribution in [-0.4, -0.2) is 84.4 Å². The Bertz CT molecular complexity index is 836. The van der Waals surface area contributed by atoms with Crippen LogP contribution in [0.4, 0.5) is 8.78 Å². The largest absolute Gasteiger partial charge is 0.393 e. The highest BCUT2D eigenvalue weighted by atomic mass is 19.1. The van der Waals surface area contributed by atoms with Gasteiger partial charge in [0.15, 0.2) is 0 Å². The van der Waals surface area contributed by atoms with Gasteiger partial charge in [0.05, 0.1) is 0 Å². The van der Waals surface area contributed by atoms with E-state index in [1.54, 1.807) is 19.2 Å². The number of allylic oxidation sites excluding steroid dienone is 4. The van der Waals surface area contributed by atoms with Crippen LogP contribution in [0.1, 0.15) is 50.4 Å². The number of rotatable bonds is 12. The van der Waals surface area contributed by atoms with E-state index < -0.39 is 23.1 Å². The van der Waals surface area contributed by atoms with Crippen LogP contribution in [0.5, 0.6) is 0 Å². The zero-order valence-corrected chi connectivity index (χ0v) is 27.9. The summed E-state index contributed by atoms with van der Waals surface area (Å²) in [4.78, 5) is 26.8. The molecule has 0 atom stereocenters. The maximum Gasteiger partial charge on any atom is 0.261 e. The fourth-order valence-electron chi connectivity index (χ4n) is 2.22. The lowest BCUT2D eigenvalue weighted by atomic mass is 10.1. The van der Waals surface area contributed by atoms with Crippen LogP contribution in [-0.2, 0) is 4.79 Å². The van der Waals surface area contributed by atoms with Crippen molar-refractivity contribution in [2.45, 2.75) is 40.0 Å². The third-order valence-corrected chi connectivity index (χ3v) is 4.03. The molecule has 0 fully saturated rings. The molecule has 0 heterocycles. The molecule has 0 unspecified atom stereocenters. The van der Waals surface area contributed by atoms with Gasteiger partial charge < -0.3 is 25.8 Å². The number of hydrogen-bond donors (Lipinski definition) is 3. The van der Waals surface area contributed by atoms with Crippen molar-refractivity contribution in [3.8, 4) is 0 Å². The summed E-state index contributed by atoms with van der Waals surface area (Å²) < 4.78 is 26.9. The second-order valence-electron chi connectivity index (χ2n) is 8.59. The molecule has 242 valence electrons. The molecular weight excluding hydrogens is 536 g/mol. The SMILES string of the molecule is C=C(C=O)C/C(=C\NC)NC(=O)c1c(F)cccc1F.C=CC=C.C=CCC.CC.CN(C)CCCN(C)C.CNC. The Morgan fingerprint density at radius 3 is 1.62 bits per heavy atom. The van der Waals surface area contributed by atoms with Crippen molar-refractivity contribution in [2.24, 2.45) is 0 Å². The van der Waals surface area contributed by atoms with Gasteiger partial charge in [0.25, 0.3) is 5.91 Å². The van der Waals surface area contributed by atoms with Crippen LogP contribution >= 0.6 is 0 Å². The minimum absolute atomic E-state index is 0.0617. The Hall–Kier alpha value is -3.40. The average Bonchev–Trinajstić information content (AvgIpc) is 2.94. The normalized spacial score (nSPS) is 9.24. The fourth-order valence-corrected chi connectivity index (χ4v) is 2.22. The number of benzene rings is 1. The minimum atomic E-state index is -0.958. The molecule has 7 nitrogen and oxygen atoms in total. The lowest BCUT2D eigenvalue weighted by Gasteiger charge is -2.12. The molecule has 0 aliphatic rings. The van der Waals surface area contributed by atoms with E-state index in [0.717, 1.165) is 18.6 Å². The first-order chi connectivity index (χ1) is 19.9. The highest BCUT2D eigenvalue weighted by Crippen LogP contribution is 2.13. The molecule has 1 aromatic rings. The summed E-state index contributed by atoms with van der Waals surface area (Å²) >= 11 is 0. The third-order valence-electron chi connectivity index (χ3n) is 4.03. The second-order valence-corrected chi connectivity index (χ2v) is 8.59. The zero-order valence-electron chi connectivity index (χ0n) is 27.9. The van der Waals surface area contributed by atoms with Crippen LogP contribution in [0.3, 0.4) is 0 Å². The van der Waals surface area contributed by atoms with Gasteiger partial charge >= 0.3 is 0 Å². The maximum atomic E-state index is 13.5. The van der Waals surface area contributed by atoms with Gasteiger partial charge in [-0.15, -0.1) is 6.58 Å². The predicted octanol–water partition coefficient (Wildman–Crippen LogP) is 6.20. The van der Waals surface area contributed by atoms with Gasteiger partial charge in [0, 0.05) is 25.4 Å². The van der Waals surface area contributed by atoms with E-state index in [9.17, 15) is 18.4 Å². The number of amides is 1. The summed E-state index contributed by atoms with van der Waals surface area (Å²) in [5.41, 5.74) is -0.177. The molecule has 1 rings (SSSR count). The lowest BCUT2D eigenvalue weighted by Crippen LogP contribution is -2.26. The lowest BCUT2D eigenvalue weighted by molar-refractivity contribution is -0.105. The van der Waals surface area contributed by atoms with Crippen molar-refractivity contribution in [3.05, 3.63) is 97.4 Å². The number of hydrogen-bond acceptors (Lipinski definition) is 6. The second kappa shape index (κ2) is 37.6. The predicted molar refractivity (Wildman–Crippen MR) is 180 cm³/mol. The smallest absolute Gasteiger partial charge is 0.261 e. The number of halogens is 2. The number of carbonyl (C=O) groups is 2. The number of aldehydes is 1. The molecule has 9 heteroatoms. The maximum absolute atomic E-state index is 13.5. The molecule has 0 aromatic heterocycles. The van der Waals surface area contributed by atoms with Crippen LogP contribution in [0, 0.1) is 11.6 Å². The minimum Gasteiger partial charge on any atom is -0.393 e. The average molecular weight is 596 g/mol. The molecule has 0 spiro atoms. The summed E-state index contributed by atoms with van der Waals surface area (Å²) in [5, 5.41) is 7.75. The van der Waals surface area contributed by atoms with E-state index in [1.165, 1.54) is 31.8 Å². The topological polar surface area (TPSA) is 76.7 Å². The molecule has 1 aromatic carbocycles. The Kier molecular flexibility index (Phi) is 43.3. The van der Waals surface area contributed by atoms with E-state index in [2.05, 4.69) is 87.2 Å². The highest BCUT2D eigenvalue weighted by molar-refractivity contribution is 5.96. The summed E-state index contributed by atoms with van der Waals surface area (Å²) in [6.07, 6.45) is 9.51. The number of nitrogens with one attached hydrogen (secondary N) is 3. The van der Waals surface area contributed by atoms with E-state index in [4.69, 9.17) is 0 Å². The fraction of sp³-hybridized carbons (Fsp3) is 0.455. The monoisotopic (exact) mass is 595 g/mol. The van der Waals surface area contributed by atoms with Crippen LogP contribution in [0.2, 0.25) is 0 Å². The molecule has 0 saturated carbocycles. The van der Waals surface area contributed by atoms with Crippen molar-refractivity contribution in [1.82, 2.24) is 25.8 Å². The molecular formula is C33H59F2N5O2. The summed E-state index contributed by atoms with van der Waals surface area (Å²) in [6, 6.07) is 3.15. The molecule has 1 amide bonds. The quantitative estimate of drug-likeness (QED) is 0.116. The molecule has 0 bridgehead atoms. The van der Waals surface area contributed by atoms with Gasteiger partial charge in [-0.1, -0.05) is 64.8 Å². The highest BCUT2D eigenvalue weighted by Gasteiger charge is 2.18. The standard InChI is InChI=1S/C14H14F2N2O2.C7H18N2.C4H8.C4H6.C2H7N.C2H6/c1-9(8-19)6-10(7-17-2)18-14(20)13-11(15)4-3-5-12(13)16;1-8(2)6-5-7-9(3)4;2*1-3-4-2;1-3-2;1-2/h3-5,7-8,17H,1,6H2,2H3,(H,18,20);5-7H2,1-4H3;3H,1,4H2,2H3;3-4H,1-2H2;3H,1-2H3;1-2H3/b10-7+;;;;;. The van der Waals surface area contributed by atoms with Gasteiger partial charge in [0.2, 0.25) is 0 Å². The van der Waals surface area contributed by atoms with Crippen LogP contribution in [0.25, 0.3) is 0 Å². The third kappa shape index (κ3) is 36.6. The first-order valence-corrected chi connectivity index (χ1v) is 13.8. The first kappa shape index (κ1) is 48.3. The summed E-state index contributed by atoms with van der Waals surface area (Å²) in [7, 11) is 13.8. The molecule has 0 aliphatic heterocycles. The van der Waals surface area contributed by atoms with E-state index >= 15 is 0 Å². The van der Waals surface area contributed by atoms with Crippen molar-refractivity contribution in [3.63, 3.8) is 0 Å². The number of carbonyl (C=O) groups excluding carboxylic acids is 2.